The first-order chi connectivity index (χ1) is 12.6. The number of hydrogen-bond acceptors (Lipinski definition) is 4. The first-order valence-electron chi connectivity index (χ1n) is 9.18. The highest BCUT2D eigenvalue weighted by Gasteiger charge is 2.33. The molecule has 0 fully saturated rings. The average molecular weight is 396 g/mol. The van der Waals surface area contributed by atoms with Gasteiger partial charge in [0.1, 0.15) is 5.75 Å². The summed E-state index contributed by atoms with van der Waals surface area (Å²) in [6.45, 7) is 6.44. The number of ether oxygens (including phenoxy) is 1. The zero-order valence-corrected chi connectivity index (χ0v) is 17.1. The minimum atomic E-state index is -3.61. The van der Waals surface area contributed by atoms with Crippen molar-refractivity contribution >= 4 is 16.0 Å². The lowest BCUT2D eigenvalue weighted by molar-refractivity contribution is -0.138. The summed E-state index contributed by atoms with van der Waals surface area (Å²) in [5, 5.41) is 9.12. The van der Waals surface area contributed by atoms with Crippen molar-refractivity contribution in [1.29, 1.82) is 0 Å². The number of benzene rings is 1. The van der Waals surface area contributed by atoms with Gasteiger partial charge in [-0.3, -0.25) is 4.79 Å². The molecule has 0 radical (unpaired) electrons. The van der Waals surface area contributed by atoms with Crippen LogP contribution in [0.2, 0.25) is 0 Å². The van der Waals surface area contributed by atoms with E-state index in [1.807, 2.05) is 6.92 Å². The molecule has 6 nitrogen and oxygen atoms in total. The molecule has 0 aliphatic heterocycles. The minimum absolute atomic E-state index is 0.0179. The highest BCUT2D eigenvalue weighted by molar-refractivity contribution is 7.89. The van der Waals surface area contributed by atoms with Gasteiger partial charge < -0.3 is 9.84 Å². The Kier molecular flexibility index (Phi) is 7.06. The smallest absolute Gasteiger partial charge is 0.303 e. The fraction of sp³-hybridized carbons (Fsp3) is 0.550. The van der Waals surface area contributed by atoms with Gasteiger partial charge in [-0.15, -0.1) is 0 Å². The SMILES string of the molecule is COc1ccc(S(=O)(=O)NC[C@@H]2C=C(C)[C@H](CC(=O)O)C[C@H]2C(C)C)cc1. The van der Waals surface area contributed by atoms with Crippen molar-refractivity contribution in [1.82, 2.24) is 4.72 Å². The summed E-state index contributed by atoms with van der Waals surface area (Å²) in [7, 11) is -2.08. The summed E-state index contributed by atoms with van der Waals surface area (Å²) >= 11 is 0. The van der Waals surface area contributed by atoms with Crippen LogP contribution in [0.3, 0.4) is 0 Å². The third kappa shape index (κ3) is 5.56. The molecule has 0 heterocycles. The summed E-state index contributed by atoms with van der Waals surface area (Å²) in [5.74, 6) is 0.434. The molecule has 1 aliphatic rings. The van der Waals surface area contributed by atoms with Crippen LogP contribution in [0.25, 0.3) is 0 Å². The second kappa shape index (κ2) is 8.89. The Morgan fingerprint density at radius 1 is 1.30 bits per heavy atom. The molecule has 27 heavy (non-hydrogen) atoms. The van der Waals surface area contributed by atoms with Gasteiger partial charge in [0.05, 0.1) is 18.4 Å². The van der Waals surface area contributed by atoms with Crippen molar-refractivity contribution in [2.24, 2.45) is 23.7 Å². The predicted octanol–water partition coefficient (Wildman–Crippen LogP) is 3.30. The van der Waals surface area contributed by atoms with Crippen LogP contribution in [0.15, 0.2) is 40.8 Å². The molecule has 150 valence electrons. The van der Waals surface area contributed by atoms with E-state index in [9.17, 15) is 13.2 Å². The van der Waals surface area contributed by atoms with Crippen molar-refractivity contribution in [3.8, 4) is 5.75 Å². The first kappa shape index (κ1) is 21.4. The van der Waals surface area contributed by atoms with E-state index in [-0.39, 0.29) is 29.1 Å². The second-order valence-electron chi connectivity index (χ2n) is 7.54. The Morgan fingerprint density at radius 3 is 2.44 bits per heavy atom. The lowest BCUT2D eigenvalue weighted by Gasteiger charge is -2.36. The molecule has 1 aliphatic carbocycles. The minimum Gasteiger partial charge on any atom is -0.497 e. The molecule has 0 aromatic heterocycles. The van der Waals surface area contributed by atoms with Crippen molar-refractivity contribution < 1.29 is 23.1 Å². The lowest BCUT2D eigenvalue weighted by atomic mass is 9.70. The molecule has 0 bridgehead atoms. The Hall–Kier alpha value is -1.86. The number of rotatable bonds is 8. The van der Waals surface area contributed by atoms with Crippen LogP contribution in [0.1, 0.15) is 33.6 Å². The topological polar surface area (TPSA) is 92.7 Å². The summed E-state index contributed by atoms with van der Waals surface area (Å²) < 4.78 is 33.0. The van der Waals surface area contributed by atoms with Gasteiger partial charge in [0.25, 0.3) is 0 Å². The van der Waals surface area contributed by atoms with Gasteiger partial charge in [-0.2, -0.15) is 0 Å². The van der Waals surface area contributed by atoms with Crippen LogP contribution in [0.4, 0.5) is 0 Å². The number of methoxy groups -OCH3 is 1. The first-order valence-corrected chi connectivity index (χ1v) is 10.7. The van der Waals surface area contributed by atoms with E-state index in [1.54, 1.807) is 12.1 Å². The highest BCUT2D eigenvalue weighted by atomic mass is 32.2. The van der Waals surface area contributed by atoms with Gasteiger partial charge >= 0.3 is 5.97 Å². The van der Waals surface area contributed by atoms with Crippen molar-refractivity contribution in [3.05, 3.63) is 35.9 Å². The molecule has 0 unspecified atom stereocenters. The Morgan fingerprint density at radius 2 is 1.93 bits per heavy atom. The number of nitrogens with one attached hydrogen (secondary N) is 1. The normalized spacial score (nSPS) is 23.1. The summed E-state index contributed by atoms with van der Waals surface area (Å²) in [5.41, 5.74) is 1.03. The van der Waals surface area contributed by atoms with Crippen LogP contribution < -0.4 is 9.46 Å². The van der Waals surface area contributed by atoms with Crippen molar-refractivity contribution in [2.75, 3.05) is 13.7 Å². The van der Waals surface area contributed by atoms with Crippen LogP contribution in [0, 0.1) is 23.7 Å². The Balaban J connectivity index is 2.13. The van der Waals surface area contributed by atoms with Crippen LogP contribution in [-0.2, 0) is 14.8 Å². The molecule has 0 amide bonds. The van der Waals surface area contributed by atoms with Crippen molar-refractivity contribution in [3.63, 3.8) is 0 Å². The third-order valence-corrected chi connectivity index (χ3v) is 6.82. The number of carboxylic acids is 1. The Labute approximate surface area is 161 Å². The maximum absolute atomic E-state index is 12.6. The zero-order valence-electron chi connectivity index (χ0n) is 16.3. The molecule has 0 saturated carbocycles. The molecule has 1 aromatic carbocycles. The van der Waals surface area contributed by atoms with Crippen molar-refractivity contribution in [2.45, 2.75) is 38.5 Å². The fourth-order valence-electron chi connectivity index (χ4n) is 3.76. The van der Waals surface area contributed by atoms with E-state index < -0.39 is 16.0 Å². The summed E-state index contributed by atoms with van der Waals surface area (Å²) in [4.78, 5) is 11.3. The van der Waals surface area contributed by atoms with E-state index in [2.05, 4.69) is 24.6 Å². The van der Waals surface area contributed by atoms with E-state index in [0.29, 0.717) is 18.2 Å². The maximum atomic E-state index is 12.6. The number of carbonyl (C=O) groups is 1. The molecular weight excluding hydrogens is 366 g/mol. The van der Waals surface area contributed by atoms with Gasteiger partial charge in [-0.1, -0.05) is 25.5 Å². The van der Waals surface area contributed by atoms with Crippen LogP contribution >= 0.6 is 0 Å². The number of aliphatic carboxylic acids is 1. The number of carboxylic acid groups (broad SMARTS) is 1. The molecule has 3 atom stereocenters. The molecule has 0 spiro atoms. The second-order valence-corrected chi connectivity index (χ2v) is 9.31. The highest BCUT2D eigenvalue weighted by Crippen LogP contribution is 2.38. The summed E-state index contributed by atoms with van der Waals surface area (Å²) in [6, 6.07) is 6.27. The lowest BCUT2D eigenvalue weighted by Crippen LogP contribution is -2.37. The molecule has 2 rings (SSSR count). The van der Waals surface area contributed by atoms with Gasteiger partial charge in [0.15, 0.2) is 0 Å². The van der Waals surface area contributed by atoms with Crippen LogP contribution in [-0.4, -0.2) is 33.1 Å². The predicted molar refractivity (Wildman–Crippen MR) is 104 cm³/mol. The quantitative estimate of drug-likeness (QED) is 0.659. The third-order valence-electron chi connectivity index (χ3n) is 5.38. The van der Waals surface area contributed by atoms with E-state index in [4.69, 9.17) is 9.84 Å². The molecular formula is C20H29NO5S. The number of sulfonamides is 1. The molecule has 2 N–H and O–H groups in total. The number of allylic oxidation sites excluding steroid dienone is 1. The maximum Gasteiger partial charge on any atom is 0.303 e. The molecule has 7 heteroatoms. The van der Waals surface area contributed by atoms with E-state index in [1.165, 1.54) is 19.2 Å². The zero-order chi connectivity index (χ0) is 20.2. The number of hydrogen-bond donors (Lipinski definition) is 2. The van der Waals surface area contributed by atoms with E-state index >= 15 is 0 Å². The van der Waals surface area contributed by atoms with E-state index in [0.717, 1.165) is 12.0 Å². The van der Waals surface area contributed by atoms with Crippen LogP contribution in [0.5, 0.6) is 5.75 Å². The van der Waals surface area contributed by atoms with Gasteiger partial charge in [0.2, 0.25) is 10.0 Å². The molecule has 0 saturated heterocycles. The molecule has 1 aromatic rings. The standard InChI is InChI=1S/C20H29NO5S/c1-13(2)19-10-15(11-20(22)23)14(3)9-16(19)12-21-27(24,25)18-7-5-17(26-4)6-8-18/h5-9,13,15-16,19,21H,10-12H2,1-4H3,(H,22,23)/t15-,16-,19-/m0/s1. The fourth-order valence-corrected chi connectivity index (χ4v) is 4.84. The monoisotopic (exact) mass is 395 g/mol. The largest absolute Gasteiger partial charge is 0.497 e. The van der Waals surface area contributed by atoms with Gasteiger partial charge in [0, 0.05) is 6.54 Å². The average Bonchev–Trinajstić information content (AvgIpc) is 2.61. The Bertz CT molecular complexity index is 783. The van der Waals surface area contributed by atoms with Gasteiger partial charge in [-0.25, -0.2) is 13.1 Å². The summed E-state index contributed by atoms with van der Waals surface area (Å²) in [6.07, 6.45) is 2.94. The van der Waals surface area contributed by atoms with Gasteiger partial charge in [-0.05, 0) is 61.3 Å².